The molecule has 1 aromatic carbocycles. The monoisotopic (exact) mass is 341 g/mol. The van der Waals surface area contributed by atoms with Crippen LogP contribution < -0.4 is 5.73 Å². The van der Waals surface area contributed by atoms with Crippen molar-refractivity contribution in [3.63, 3.8) is 0 Å². The summed E-state index contributed by atoms with van der Waals surface area (Å²) in [6, 6.07) is 10.8. The molecule has 4 nitrogen and oxygen atoms in total. The highest BCUT2D eigenvalue weighted by atomic mass is 32.1. The Hall–Kier alpha value is -1.72. The summed E-state index contributed by atoms with van der Waals surface area (Å²) in [7, 11) is 0. The number of carbonyl (C=O) groups is 1. The maximum absolute atomic E-state index is 11.3. The Morgan fingerprint density at radius 3 is 2.88 bits per heavy atom. The predicted octanol–water partition coefficient (Wildman–Crippen LogP) is 2.72. The summed E-state index contributed by atoms with van der Waals surface area (Å²) in [5.74, 6) is 0.474. The molecule has 1 aliphatic carbocycles. The molecule has 1 aliphatic heterocycles. The zero-order valence-corrected chi connectivity index (χ0v) is 14.6. The maximum atomic E-state index is 11.3. The van der Waals surface area contributed by atoms with Gasteiger partial charge in [-0.25, -0.2) is 4.98 Å². The summed E-state index contributed by atoms with van der Waals surface area (Å²) in [5.41, 5.74) is 8.17. The predicted molar refractivity (Wildman–Crippen MR) is 95.9 cm³/mol. The number of nitrogens with two attached hydrogens (primary N) is 1. The first-order valence-electron chi connectivity index (χ1n) is 8.73. The van der Waals surface area contributed by atoms with Gasteiger partial charge in [0.25, 0.3) is 0 Å². The molecule has 2 N–H and O–H groups in total. The van der Waals surface area contributed by atoms with Gasteiger partial charge in [0.05, 0.1) is 18.2 Å². The van der Waals surface area contributed by atoms with Crippen LogP contribution >= 0.6 is 11.3 Å². The molecule has 1 fully saturated rings. The third kappa shape index (κ3) is 3.23. The fourth-order valence-corrected chi connectivity index (χ4v) is 5.14. The first-order valence-corrected chi connectivity index (χ1v) is 9.55. The lowest BCUT2D eigenvalue weighted by Crippen LogP contribution is -2.27. The number of aromatic nitrogens is 1. The molecule has 2 heterocycles. The van der Waals surface area contributed by atoms with Crippen molar-refractivity contribution >= 4 is 17.2 Å². The van der Waals surface area contributed by atoms with E-state index in [0.717, 1.165) is 38.9 Å². The second-order valence-electron chi connectivity index (χ2n) is 6.95. The summed E-state index contributed by atoms with van der Waals surface area (Å²) < 4.78 is 0. The van der Waals surface area contributed by atoms with Gasteiger partial charge in [0, 0.05) is 11.4 Å². The van der Waals surface area contributed by atoms with Crippen molar-refractivity contribution in [3.8, 4) is 0 Å². The van der Waals surface area contributed by atoms with Crippen LogP contribution in [0.15, 0.2) is 30.3 Å². The van der Waals surface area contributed by atoms with Gasteiger partial charge in [-0.15, -0.1) is 11.3 Å². The van der Waals surface area contributed by atoms with Gasteiger partial charge in [0.1, 0.15) is 5.01 Å². The Morgan fingerprint density at radius 1 is 1.29 bits per heavy atom. The molecule has 1 aromatic heterocycles. The Bertz CT molecular complexity index is 727. The summed E-state index contributed by atoms with van der Waals surface area (Å²) in [4.78, 5) is 20.0. The normalized spacial score (nSPS) is 24.0. The van der Waals surface area contributed by atoms with E-state index in [1.165, 1.54) is 27.6 Å². The van der Waals surface area contributed by atoms with Gasteiger partial charge in [-0.2, -0.15) is 0 Å². The second kappa shape index (κ2) is 6.65. The zero-order chi connectivity index (χ0) is 16.5. The molecule has 4 rings (SSSR count). The molecule has 5 heteroatoms. The average Bonchev–Trinajstić information content (AvgIpc) is 3.21. The second-order valence-corrected chi connectivity index (χ2v) is 8.12. The van der Waals surface area contributed by atoms with Crippen molar-refractivity contribution in [2.75, 3.05) is 13.1 Å². The van der Waals surface area contributed by atoms with E-state index in [1.54, 1.807) is 0 Å². The zero-order valence-electron chi connectivity index (χ0n) is 13.8. The van der Waals surface area contributed by atoms with E-state index in [4.69, 9.17) is 10.7 Å². The summed E-state index contributed by atoms with van der Waals surface area (Å²) in [6.07, 6.45) is 4.26. The number of hydrogen-bond acceptors (Lipinski definition) is 4. The lowest BCUT2D eigenvalue weighted by atomic mass is 9.85. The van der Waals surface area contributed by atoms with Gasteiger partial charge in [-0.3, -0.25) is 9.69 Å². The van der Waals surface area contributed by atoms with Gasteiger partial charge in [0.15, 0.2) is 0 Å². The van der Waals surface area contributed by atoms with E-state index in [2.05, 4.69) is 35.2 Å². The maximum Gasteiger partial charge on any atom is 0.221 e. The molecule has 24 heavy (non-hydrogen) atoms. The number of thiazole rings is 1. The Morgan fingerprint density at radius 2 is 2.12 bits per heavy atom. The van der Waals surface area contributed by atoms with Crippen LogP contribution in [0, 0.1) is 5.92 Å². The number of benzene rings is 1. The lowest BCUT2D eigenvalue weighted by Gasteiger charge is -2.21. The van der Waals surface area contributed by atoms with Gasteiger partial charge in [-0.1, -0.05) is 30.3 Å². The molecule has 0 unspecified atom stereocenters. The molecule has 1 saturated heterocycles. The van der Waals surface area contributed by atoms with Crippen LogP contribution in [-0.4, -0.2) is 28.9 Å². The highest BCUT2D eigenvalue weighted by Gasteiger charge is 2.28. The quantitative estimate of drug-likeness (QED) is 0.930. The van der Waals surface area contributed by atoms with Crippen LogP contribution in [0.1, 0.15) is 39.9 Å². The van der Waals surface area contributed by atoms with Crippen molar-refractivity contribution in [2.45, 2.75) is 38.1 Å². The smallest absolute Gasteiger partial charge is 0.221 e. The van der Waals surface area contributed by atoms with Crippen LogP contribution in [0.2, 0.25) is 0 Å². The van der Waals surface area contributed by atoms with Gasteiger partial charge in [-0.05, 0) is 43.7 Å². The Labute approximate surface area is 146 Å². The average molecular weight is 341 g/mol. The first-order chi connectivity index (χ1) is 11.7. The van der Waals surface area contributed by atoms with Crippen LogP contribution in [0.25, 0.3) is 0 Å². The standard InChI is InChI=1S/C19H23N3OS/c20-19(23)15-8-9-22(11-15)12-18-21-16-7-6-14(10-17(16)24-18)13-4-2-1-3-5-13/h1-5,14-15H,6-12H2,(H2,20,23)/t14-,15+/m0/s1. The van der Waals surface area contributed by atoms with Crippen molar-refractivity contribution in [1.82, 2.24) is 9.88 Å². The van der Waals surface area contributed by atoms with Gasteiger partial charge >= 0.3 is 0 Å². The fourth-order valence-electron chi connectivity index (χ4n) is 3.91. The third-order valence-electron chi connectivity index (χ3n) is 5.29. The Balaban J connectivity index is 1.43. The topological polar surface area (TPSA) is 59.2 Å². The van der Waals surface area contributed by atoms with E-state index < -0.39 is 0 Å². The molecular formula is C19H23N3OS. The summed E-state index contributed by atoms with van der Waals surface area (Å²) >= 11 is 1.86. The number of amides is 1. The van der Waals surface area contributed by atoms with E-state index in [-0.39, 0.29) is 11.8 Å². The van der Waals surface area contributed by atoms with Crippen LogP contribution in [0.4, 0.5) is 0 Å². The fraction of sp³-hybridized carbons (Fsp3) is 0.474. The number of rotatable bonds is 4. The summed E-state index contributed by atoms with van der Waals surface area (Å²) in [6.45, 7) is 2.59. The van der Waals surface area contributed by atoms with Crippen molar-refractivity contribution in [1.29, 1.82) is 0 Å². The first kappa shape index (κ1) is 15.8. The van der Waals surface area contributed by atoms with E-state index >= 15 is 0 Å². The third-order valence-corrected chi connectivity index (χ3v) is 6.39. The lowest BCUT2D eigenvalue weighted by molar-refractivity contribution is -0.121. The van der Waals surface area contributed by atoms with E-state index in [1.807, 2.05) is 11.3 Å². The van der Waals surface area contributed by atoms with E-state index in [0.29, 0.717) is 5.92 Å². The molecule has 126 valence electrons. The van der Waals surface area contributed by atoms with Crippen LogP contribution in [0.5, 0.6) is 0 Å². The number of hydrogen-bond donors (Lipinski definition) is 1. The highest BCUT2D eigenvalue weighted by molar-refractivity contribution is 7.11. The molecular weight excluding hydrogens is 318 g/mol. The van der Waals surface area contributed by atoms with Gasteiger partial charge < -0.3 is 5.73 Å². The number of primary amides is 1. The molecule has 2 aromatic rings. The van der Waals surface area contributed by atoms with Crippen LogP contribution in [0.3, 0.4) is 0 Å². The van der Waals surface area contributed by atoms with Crippen molar-refractivity contribution < 1.29 is 4.79 Å². The van der Waals surface area contributed by atoms with Crippen molar-refractivity contribution in [3.05, 3.63) is 51.5 Å². The molecule has 0 saturated carbocycles. The number of carbonyl (C=O) groups excluding carboxylic acids is 1. The molecule has 1 amide bonds. The minimum atomic E-state index is -0.165. The largest absolute Gasteiger partial charge is 0.369 e. The molecule has 2 aliphatic rings. The molecule has 0 spiro atoms. The molecule has 2 atom stereocenters. The van der Waals surface area contributed by atoms with Crippen LogP contribution in [-0.2, 0) is 24.2 Å². The summed E-state index contributed by atoms with van der Waals surface area (Å²) in [5, 5.41) is 1.19. The number of likely N-dealkylation sites (tertiary alicyclic amines) is 1. The SMILES string of the molecule is NC(=O)[C@@H]1CCN(Cc2nc3c(s2)C[C@@H](c2ccccc2)CC3)C1. The van der Waals surface area contributed by atoms with E-state index in [9.17, 15) is 4.79 Å². The molecule has 0 bridgehead atoms. The minimum absolute atomic E-state index is 0.0158. The number of aryl methyl sites for hydroxylation is 1. The molecule has 0 radical (unpaired) electrons. The number of nitrogens with zero attached hydrogens (tertiary/aromatic N) is 2. The minimum Gasteiger partial charge on any atom is -0.369 e. The van der Waals surface area contributed by atoms with Crippen molar-refractivity contribution in [2.24, 2.45) is 11.7 Å². The Kier molecular flexibility index (Phi) is 4.37. The highest BCUT2D eigenvalue weighted by Crippen LogP contribution is 2.36. The van der Waals surface area contributed by atoms with Gasteiger partial charge in [0.2, 0.25) is 5.91 Å². The number of fused-ring (bicyclic) bond motifs is 1.